The molecule has 1 fully saturated rings. The van der Waals surface area contributed by atoms with E-state index in [9.17, 15) is 19.2 Å². The number of hydrogen-bond donors (Lipinski definition) is 3. The number of rotatable bonds is 29. The van der Waals surface area contributed by atoms with Crippen LogP contribution >= 0.6 is 0 Å². The molecule has 3 unspecified atom stereocenters. The molecule has 1 aromatic heterocycles. The Balaban J connectivity index is 1.47. The molecule has 282 valence electrons. The third-order valence-corrected chi connectivity index (χ3v) is 9.96. The average Bonchev–Trinajstić information content (AvgIpc) is 3.49. The molecule has 10 heteroatoms. The molecule has 1 aromatic rings. The highest BCUT2D eigenvalue weighted by atomic mass is 16.5. The van der Waals surface area contributed by atoms with E-state index in [1.165, 1.54) is 120 Å². The number of carbonyl (C=O) groups is 2. The van der Waals surface area contributed by atoms with Gasteiger partial charge in [0, 0.05) is 32.8 Å². The lowest BCUT2D eigenvalue weighted by Gasteiger charge is -2.20. The fourth-order valence-electron chi connectivity index (χ4n) is 6.88. The van der Waals surface area contributed by atoms with E-state index in [1.807, 2.05) is 0 Å². The van der Waals surface area contributed by atoms with Gasteiger partial charge in [-0.1, -0.05) is 136 Å². The Bertz CT molecular complexity index is 1150. The maximum Gasteiger partial charge on any atom is 0.330 e. The lowest BCUT2D eigenvalue weighted by atomic mass is 9.89. The van der Waals surface area contributed by atoms with Crippen molar-refractivity contribution in [1.82, 2.24) is 20.2 Å². The SMILES string of the molecule is CCCCCCCCCCCCCCCCCCCCCC(=O)NCCCNC(=O)c1cn(C2CC(C(C)C)C(COC)O2)c(=O)[nH]c1=O. The van der Waals surface area contributed by atoms with Crippen molar-refractivity contribution in [2.75, 3.05) is 26.8 Å². The molecule has 10 nitrogen and oxygen atoms in total. The molecule has 0 saturated carbocycles. The van der Waals surface area contributed by atoms with Gasteiger partial charge in [0.2, 0.25) is 5.91 Å². The molecular formula is C39H70N4O6. The number of carbonyl (C=O) groups excluding carboxylic acids is 2. The highest BCUT2D eigenvalue weighted by molar-refractivity contribution is 5.93. The number of aromatic nitrogens is 2. The minimum absolute atomic E-state index is 0.0323. The van der Waals surface area contributed by atoms with Gasteiger partial charge < -0.3 is 20.1 Å². The van der Waals surface area contributed by atoms with Gasteiger partial charge >= 0.3 is 5.69 Å². The first-order valence-electron chi connectivity index (χ1n) is 19.8. The second kappa shape index (κ2) is 26.4. The van der Waals surface area contributed by atoms with Crippen LogP contribution < -0.4 is 21.9 Å². The van der Waals surface area contributed by atoms with E-state index < -0.39 is 23.4 Å². The predicted molar refractivity (Wildman–Crippen MR) is 198 cm³/mol. The molecule has 2 rings (SSSR count). The summed E-state index contributed by atoms with van der Waals surface area (Å²) in [5.41, 5.74) is -1.49. The van der Waals surface area contributed by atoms with Gasteiger partial charge in [0.15, 0.2) is 0 Å². The van der Waals surface area contributed by atoms with Gasteiger partial charge in [0.1, 0.15) is 11.8 Å². The van der Waals surface area contributed by atoms with Crippen LogP contribution in [0.2, 0.25) is 0 Å². The van der Waals surface area contributed by atoms with E-state index in [-0.39, 0.29) is 23.5 Å². The Morgan fingerprint density at radius 1 is 0.816 bits per heavy atom. The molecule has 0 radical (unpaired) electrons. The number of methoxy groups -OCH3 is 1. The highest BCUT2D eigenvalue weighted by Crippen LogP contribution is 2.37. The Morgan fingerprint density at radius 2 is 1.33 bits per heavy atom. The maximum absolute atomic E-state index is 12.8. The Kier molecular flexibility index (Phi) is 23.0. The largest absolute Gasteiger partial charge is 0.382 e. The lowest BCUT2D eigenvalue weighted by Crippen LogP contribution is -2.39. The molecular weight excluding hydrogens is 620 g/mol. The van der Waals surface area contributed by atoms with E-state index in [0.29, 0.717) is 44.9 Å². The third-order valence-electron chi connectivity index (χ3n) is 9.96. The van der Waals surface area contributed by atoms with Crippen LogP contribution in [0, 0.1) is 11.8 Å². The van der Waals surface area contributed by atoms with E-state index >= 15 is 0 Å². The first-order chi connectivity index (χ1) is 23.8. The van der Waals surface area contributed by atoms with E-state index in [0.717, 1.165) is 12.8 Å². The number of nitrogens with zero attached hydrogens (tertiary/aromatic N) is 1. The molecule has 2 amide bonds. The third kappa shape index (κ3) is 17.9. The van der Waals surface area contributed by atoms with Crippen LogP contribution in [0.15, 0.2) is 15.8 Å². The molecule has 1 aliphatic rings. The Hall–Kier alpha value is -2.46. The molecule has 1 saturated heterocycles. The quantitative estimate of drug-likeness (QED) is 0.0736. The van der Waals surface area contributed by atoms with Gasteiger partial charge in [-0.2, -0.15) is 0 Å². The number of ether oxygens (including phenoxy) is 2. The van der Waals surface area contributed by atoms with Gasteiger partial charge in [0.05, 0.1) is 12.7 Å². The van der Waals surface area contributed by atoms with Gasteiger partial charge in [0.25, 0.3) is 11.5 Å². The normalized spacial score (nSPS) is 17.5. The Morgan fingerprint density at radius 3 is 1.84 bits per heavy atom. The molecule has 0 spiro atoms. The minimum atomic E-state index is -0.738. The summed E-state index contributed by atoms with van der Waals surface area (Å²) < 4.78 is 12.7. The fraction of sp³-hybridized carbons (Fsp3) is 0.846. The lowest BCUT2D eigenvalue weighted by molar-refractivity contribution is -0.121. The van der Waals surface area contributed by atoms with Crippen molar-refractivity contribution >= 4 is 11.8 Å². The van der Waals surface area contributed by atoms with Crippen LogP contribution in [0.4, 0.5) is 0 Å². The molecule has 2 heterocycles. The summed E-state index contributed by atoms with van der Waals surface area (Å²) in [5.74, 6) is -0.0348. The molecule has 49 heavy (non-hydrogen) atoms. The van der Waals surface area contributed by atoms with Crippen LogP contribution in [0.3, 0.4) is 0 Å². The topological polar surface area (TPSA) is 132 Å². The smallest absolute Gasteiger partial charge is 0.330 e. The number of unbranched alkanes of at least 4 members (excludes halogenated alkanes) is 18. The number of aromatic amines is 1. The summed E-state index contributed by atoms with van der Waals surface area (Å²) in [6.45, 7) is 7.61. The van der Waals surface area contributed by atoms with Crippen molar-refractivity contribution in [3.05, 3.63) is 32.6 Å². The van der Waals surface area contributed by atoms with Gasteiger partial charge in [-0.3, -0.25) is 23.9 Å². The van der Waals surface area contributed by atoms with E-state index in [1.54, 1.807) is 7.11 Å². The van der Waals surface area contributed by atoms with Crippen molar-refractivity contribution in [1.29, 1.82) is 0 Å². The number of H-pyrrole nitrogens is 1. The van der Waals surface area contributed by atoms with E-state index in [2.05, 4.69) is 36.4 Å². The summed E-state index contributed by atoms with van der Waals surface area (Å²) in [4.78, 5) is 52.3. The maximum atomic E-state index is 12.8. The number of nitrogens with one attached hydrogen (secondary N) is 3. The second-order valence-electron chi connectivity index (χ2n) is 14.5. The summed E-state index contributed by atoms with van der Waals surface area (Å²) in [5, 5.41) is 5.64. The van der Waals surface area contributed by atoms with E-state index in [4.69, 9.17) is 9.47 Å². The second-order valence-corrected chi connectivity index (χ2v) is 14.5. The summed E-state index contributed by atoms with van der Waals surface area (Å²) in [7, 11) is 1.61. The van der Waals surface area contributed by atoms with Crippen LogP contribution in [-0.4, -0.2) is 54.3 Å². The summed E-state index contributed by atoms with van der Waals surface area (Å²) in [6, 6.07) is 0. The number of amides is 2. The van der Waals surface area contributed by atoms with Crippen molar-refractivity contribution in [2.24, 2.45) is 11.8 Å². The first kappa shape index (κ1) is 42.7. The molecule has 0 aliphatic carbocycles. The zero-order valence-electron chi connectivity index (χ0n) is 31.5. The van der Waals surface area contributed by atoms with Gasteiger partial charge in [-0.25, -0.2) is 4.79 Å². The van der Waals surface area contributed by atoms with Crippen LogP contribution in [0.5, 0.6) is 0 Å². The van der Waals surface area contributed by atoms with Crippen molar-refractivity contribution in [3.8, 4) is 0 Å². The fourth-order valence-corrected chi connectivity index (χ4v) is 6.88. The molecule has 3 N–H and O–H groups in total. The van der Waals surface area contributed by atoms with Crippen molar-refractivity contribution in [3.63, 3.8) is 0 Å². The summed E-state index contributed by atoms with van der Waals surface area (Å²) in [6.07, 6.45) is 27.4. The highest BCUT2D eigenvalue weighted by Gasteiger charge is 2.38. The average molecular weight is 691 g/mol. The minimum Gasteiger partial charge on any atom is -0.382 e. The molecule has 1 aliphatic heterocycles. The first-order valence-corrected chi connectivity index (χ1v) is 19.8. The number of hydrogen-bond acceptors (Lipinski definition) is 6. The van der Waals surface area contributed by atoms with Crippen LogP contribution in [0.1, 0.15) is 179 Å². The van der Waals surface area contributed by atoms with Crippen LogP contribution in [-0.2, 0) is 14.3 Å². The van der Waals surface area contributed by atoms with Crippen molar-refractivity contribution in [2.45, 2.75) is 174 Å². The van der Waals surface area contributed by atoms with Crippen molar-refractivity contribution < 1.29 is 19.1 Å². The van der Waals surface area contributed by atoms with Gasteiger partial charge in [-0.15, -0.1) is 0 Å². The van der Waals surface area contributed by atoms with Gasteiger partial charge in [-0.05, 0) is 31.1 Å². The van der Waals surface area contributed by atoms with Crippen LogP contribution in [0.25, 0.3) is 0 Å². The molecule has 0 bridgehead atoms. The zero-order valence-corrected chi connectivity index (χ0v) is 31.5. The standard InChI is InChI=1S/C39H70N4O6/c1-5-6-7-8-9-10-11-12-13-14-15-16-17-18-19-20-21-22-23-25-35(44)40-26-24-27-41-37(45)33-29-43(39(47)42-38(33)46)36-28-32(31(2)3)34(49-36)30-48-4/h29,31-32,34,36H,5-28,30H2,1-4H3,(H,40,44)(H,41,45)(H,42,46,47). The predicted octanol–water partition coefficient (Wildman–Crippen LogP) is 7.80. The molecule has 0 aromatic carbocycles. The zero-order chi connectivity index (χ0) is 35.7. The molecule has 3 atom stereocenters. The Labute approximate surface area is 296 Å². The monoisotopic (exact) mass is 691 g/mol. The summed E-state index contributed by atoms with van der Waals surface area (Å²) >= 11 is 0.